The molecule has 0 fully saturated rings. The highest BCUT2D eigenvalue weighted by molar-refractivity contribution is 9.10. The van der Waals surface area contributed by atoms with Crippen LogP contribution < -0.4 is 10.6 Å². The van der Waals surface area contributed by atoms with Gasteiger partial charge in [-0.05, 0) is 23.8 Å². The molecule has 1 aromatic heterocycles. The summed E-state index contributed by atoms with van der Waals surface area (Å²) in [5, 5.41) is 11.1. The number of carbonyl (C=O) groups is 1. The van der Waals surface area contributed by atoms with E-state index in [4.69, 9.17) is 0 Å². The second kappa shape index (κ2) is 6.82. The molecule has 0 saturated heterocycles. The van der Waals surface area contributed by atoms with Gasteiger partial charge >= 0.3 is 0 Å². The number of fused-ring (bicyclic) bond motifs is 1. The Labute approximate surface area is 154 Å². The lowest BCUT2D eigenvalue weighted by Gasteiger charge is -2.25. The van der Waals surface area contributed by atoms with Crippen molar-refractivity contribution >= 4 is 21.8 Å². The Morgan fingerprint density at radius 1 is 1.16 bits per heavy atom. The summed E-state index contributed by atoms with van der Waals surface area (Å²) in [6.07, 6.45) is -0.0795. The second-order valence-corrected chi connectivity index (χ2v) is 6.88. The van der Waals surface area contributed by atoms with Gasteiger partial charge in [-0.2, -0.15) is 5.10 Å². The van der Waals surface area contributed by atoms with Crippen molar-refractivity contribution in [2.75, 3.05) is 6.54 Å². The summed E-state index contributed by atoms with van der Waals surface area (Å²) in [4.78, 5) is 12.2. The number of hydrogen-bond donors (Lipinski definition) is 2. The maximum atomic E-state index is 12.2. The first-order valence-corrected chi connectivity index (χ1v) is 8.91. The highest BCUT2D eigenvalue weighted by Crippen LogP contribution is 2.23. The summed E-state index contributed by atoms with van der Waals surface area (Å²) in [6, 6.07) is 19.9. The predicted octanol–water partition coefficient (Wildman–Crippen LogP) is 3.34. The van der Waals surface area contributed by atoms with Gasteiger partial charge in [0.2, 0.25) is 0 Å². The number of hydrogen-bond acceptors (Lipinski definition) is 3. The van der Waals surface area contributed by atoms with Gasteiger partial charge in [0.1, 0.15) is 11.9 Å². The Morgan fingerprint density at radius 3 is 2.80 bits per heavy atom. The minimum Gasteiger partial charge on any atom is -0.347 e. The van der Waals surface area contributed by atoms with Crippen LogP contribution in [0.4, 0.5) is 0 Å². The number of nitrogens with one attached hydrogen (secondary N) is 2. The molecule has 1 atom stereocenters. The highest BCUT2D eigenvalue weighted by Gasteiger charge is 2.27. The van der Waals surface area contributed by atoms with E-state index in [-0.39, 0.29) is 12.1 Å². The average Bonchev–Trinajstić information content (AvgIpc) is 3.08. The molecule has 3 aromatic rings. The minimum atomic E-state index is -0.0878. The van der Waals surface area contributed by atoms with Gasteiger partial charge in [-0.3, -0.25) is 10.1 Å². The van der Waals surface area contributed by atoms with Crippen LogP contribution in [0.15, 0.2) is 65.1 Å². The van der Waals surface area contributed by atoms with Crippen molar-refractivity contribution < 1.29 is 4.79 Å². The van der Waals surface area contributed by atoms with E-state index < -0.39 is 0 Å². The van der Waals surface area contributed by atoms with Crippen LogP contribution in [0.2, 0.25) is 0 Å². The molecule has 0 aliphatic carbocycles. The van der Waals surface area contributed by atoms with Crippen molar-refractivity contribution in [3.63, 3.8) is 0 Å². The molecule has 1 aliphatic rings. The van der Waals surface area contributed by atoms with E-state index in [0.29, 0.717) is 18.8 Å². The van der Waals surface area contributed by atoms with Crippen molar-refractivity contribution in [3.8, 4) is 11.3 Å². The van der Waals surface area contributed by atoms with Crippen LogP contribution in [-0.4, -0.2) is 22.2 Å². The van der Waals surface area contributed by atoms with Gasteiger partial charge in [-0.25, -0.2) is 4.68 Å². The first kappa shape index (κ1) is 16.1. The fourth-order valence-corrected chi connectivity index (χ4v) is 3.41. The number of nitrogens with zero attached hydrogens (tertiary/aromatic N) is 2. The van der Waals surface area contributed by atoms with E-state index in [0.717, 1.165) is 15.7 Å². The van der Waals surface area contributed by atoms with Crippen molar-refractivity contribution in [3.05, 3.63) is 76.4 Å². The molecule has 2 aromatic carbocycles. The smallest absolute Gasteiger partial charge is 0.269 e. The van der Waals surface area contributed by atoms with E-state index >= 15 is 0 Å². The summed E-state index contributed by atoms with van der Waals surface area (Å²) in [6.45, 7) is 1.20. The zero-order valence-electron chi connectivity index (χ0n) is 13.4. The van der Waals surface area contributed by atoms with Crippen molar-refractivity contribution in [1.82, 2.24) is 20.4 Å². The SMILES string of the molecule is O=C1NCC(NCc2cccc(Br)c2)n2nc(-c3ccccc3)cc21. The fraction of sp³-hybridized carbons (Fsp3) is 0.158. The molecule has 6 heteroatoms. The Balaban J connectivity index is 1.59. The van der Waals surface area contributed by atoms with Crippen LogP contribution in [0, 0.1) is 0 Å². The van der Waals surface area contributed by atoms with Gasteiger partial charge in [0.15, 0.2) is 0 Å². The molecule has 2 heterocycles. The summed E-state index contributed by atoms with van der Waals surface area (Å²) in [5.41, 5.74) is 3.56. The molecule has 0 spiro atoms. The van der Waals surface area contributed by atoms with Crippen molar-refractivity contribution in [2.24, 2.45) is 0 Å². The highest BCUT2D eigenvalue weighted by atomic mass is 79.9. The van der Waals surface area contributed by atoms with E-state index in [1.807, 2.05) is 48.5 Å². The zero-order chi connectivity index (χ0) is 17.2. The monoisotopic (exact) mass is 396 g/mol. The molecule has 0 saturated carbocycles. The Kier molecular flexibility index (Phi) is 4.38. The third kappa shape index (κ3) is 3.36. The number of rotatable bonds is 4. The van der Waals surface area contributed by atoms with Crippen LogP contribution in [0.1, 0.15) is 22.2 Å². The summed E-state index contributed by atoms with van der Waals surface area (Å²) in [7, 11) is 0. The topological polar surface area (TPSA) is 59.0 Å². The van der Waals surface area contributed by atoms with E-state index in [1.54, 1.807) is 4.68 Å². The lowest BCUT2D eigenvalue weighted by molar-refractivity contribution is 0.0900. The second-order valence-electron chi connectivity index (χ2n) is 5.96. The maximum absolute atomic E-state index is 12.2. The van der Waals surface area contributed by atoms with Gasteiger partial charge in [0.05, 0.1) is 12.2 Å². The van der Waals surface area contributed by atoms with Gasteiger partial charge in [-0.1, -0.05) is 58.4 Å². The molecule has 5 nitrogen and oxygen atoms in total. The largest absolute Gasteiger partial charge is 0.347 e. The summed E-state index contributed by atoms with van der Waals surface area (Å²) in [5.74, 6) is -0.0878. The molecular weight excluding hydrogens is 380 g/mol. The zero-order valence-corrected chi connectivity index (χ0v) is 15.0. The molecule has 4 rings (SSSR count). The molecule has 1 aliphatic heterocycles. The van der Waals surface area contributed by atoms with E-state index in [2.05, 4.69) is 43.8 Å². The van der Waals surface area contributed by atoms with Crippen LogP contribution >= 0.6 is 15.9 Å². The van der Waals surface area contributed by atoms with Gasteiger partial charge in [0, 0.05) is 16.6 Å². The quantitative estimate of drug-likeness (QED) is 0.710. The number of amides is 1. The Bertz CT molecular complexity index is 907. The fourth-order valence-electron chi connectivity index (χ4n) is 2.96. The van der Waals surface area contributed by atoms with Crippen LogP contribution in [0.3, 0.4) is 0 Å². The maximum Gasteiger partial charge on any atom is 0.269 e. The molecule has 1 amide bonds. The third-order valence-electron chi connectivity index (χ3n) is 4.22. The van der Waals surface area contributed by atoms with Gasteiger partial charge in [0.25, 0.3) is 5.91 Å². The van der Waals surface area contributed by atoms with Gasteiger partial charge in [-0.15, -0.1) is 0 Å². The van der Waals surface area contributed by atoms with Crippen molar-refractivity contribution in [1.29, 1.82) is 0 Å². The summed E-state index contributed by atoms with van der Waals surface area (Å²) >= 11 is 3.49. The van der Waals surface area contributed by atoms with Gasteiger partial charge < -0.3 is 5.32 Å². The lowest BCUT2D eigenvalue weighted by atomic mass is 10.1. The Hall–Kier alpha value is -2.44. The molecular formula is C19H17BrN4O. The number of aromatic nitrogens is 2. The molecule has 25 heavy (non-hydrogen) atoms. The normalized spacial score (nSPS) is 16.4. The number of carbonyl (C=O) groups excluding carboxylic acids is 1. The predicted molar refractivity (Wildman–Crippen MR) is 100 cm³/mol. The van der Waals surface area contributed by atoms with Crippen LogP contribution in [-0.2, 0) is 6.54 Å². The molecule has 126 valence electrons. The minimum absolute atomic E-state index is 0.0795. The van der Waals surface area contributed by atoms with E-state index in [9.17, 15) is 4.79 Å². The lowest BCUT2D eigenvalue weighted by Crippen LogP contribution is -2.45. The molecule has 1 unspecified atom stereocenters. The Morgan fingerprint density at radius 2 is 2.00 bits per heavy atom. The van der Waals surface area contributed by atoms with Crippen LogP contribution in [0.25, 0.3) is 11.3 Å². The molecule has 2 N–H and O–H groups in total. The molecule has 0 radical (unpaired) electrons. The molecule has 0 bridgehead atoms. The first-order valence-electron chi connectivity index (χ1n) is 8.12. The van der Waals surface area contributed by atoms with Crippen molar-refractivity contribution in [2.45, 2.75) is 12.7 Å². The summed E-state index contributed by atoms with van der Waals surface area (Å²) < 4.78 is 2.84. The van der Waals surface area contributed by atoms with E-state index in [1.165, 1.54) is 5.56 Å². The first-order chi connectivity index (χ1) is 12.2. The average molecular weight is 397 g/mol. The number of benzene rings is 2. The number of halogens is 1. The standard InChI is InChI=1S/C19H17BrN4O/c20-15-8-4-5-13(9-15)11-21-18-12-22-19(25)17-10-16(23-24(17)18)14-6-2-1-3-7-14/h1-10,18,21H,11-12H2,(H,22,25). The third-order valence-corrected chi connectivity index (χ3v) is 4.71. The van der Waals surface area contributed by atoms with Crippen LogP contribution in [0.5, 0.6) is 0 Å².